The number of benzene rings is 2. The molecule has 0 amide bonds. The zero-order valence-electron chi connectivity index (χ0n) is 13.1. The van der Waals surface area contributed by atoms with E-state index in [1.807, 2.05) is 19.1 Å². The first-order valence-corrected chi connectivity index (χ1v) is 6.87. The van der Waals surface area contributed by atoms with Crippen molar-refractivity contribution in [3.63, 3.8) is 0 Å². The Bertz CT molecular complexity index is 529. The number of rotatable bonds is 2. The molecular formula is C19H24O. The Kier molecular flexibility index (Phi) is 6.58. The minimum atomic E-state index is 0.894. The zero-order valence-corrected chi connectivity index (χ0v) is 13.1. The van der Waals surface area contributed by atoms with E-state index in [1.165, 1.54) is 22.3 Å². The maximum absolute atomic E-state index is 5.12. The topological polar surface area (TPSA) is 9.23 Å². The van der Waals surface area contributed by atoms with Crippen molar-refractivity contribution in [3.05, 3.63) is 65.7 Å². The van der Waals surface area contributed by atoms with E-state index in [1.54, 1.807) is 7.11 Å². The highest BCUT2D eigenvalue weighted by Crippen LogP contribution is 2.22. The minimum Gasteiger partial charge on any atom is -0.497 e. The molecule has 106 valence electrons. The summed E-state index contributed by atoms with van der Waals surface area (Å²) in [6.45, 7) is 8.30. The van der Waals surface area contributed by atoms with Crippen molar-refractivity contribution in [1.29, 1.82) is 0 Å². The van der Waals surface area contributed by atoms with Gasteiger partial charge in [0.25, 0.3) is 0 Å². The van der Waals surface area contributed by atoms with Gasteiger partial charge in [0.05, 0.1) is 7.11 Å². The third-order valence-electron chi connectivity index (χ3n) is 3.05. The highest BCUT2D eigenvalue weighted by molar-refractivity contribution is 5.64. The molecule has 0 heterocycles. The van der Waals surface area contributed by atoms with Gasteiger partial charge in [0.15, 0.2) is 0 Å². The summed E-state index contributed by atoms with van der Waals surface area (Å²) in [4.78, 5) is 0. The normalized spacial score (nSPS) is 9.25. The van der Waals surface area contributed by atoms with Crippen LogP contribution in [0.5, 0.6) is 5.75 Å². The lowest BCUT2D eigenvalue weighted by Crippen LogP contribution is -1.82. The van der Waals surface area contributed by atoms with Gasteiger partial charge in [-0.25, -0.2) is 0 Å². The minimum absolute atomic E-state index is 0.894. The van der Waals surface area contributed by atoms with E-state index < -0.39 is 0 Å². The molecule has 0 fully saturated rings. The maximum atomic E-state index is 5.12. The van der Waals surface area contributed by atoms with Crippen LogP contribution in [0.1, 0.15) is 26.3 Å². The Morgan fingerprint density at radius 3 is 1.60 bits per heavy atom. The van der Waals surface area contributed by atoms with Gasteiger partial charge in [0.1, 0.15) is 5.75 Å². The van der Waals surface area contributed by atoms with E-state index in [9.17, 15) is 0 Å². The Labute approximate surface area is 122 Å². The smallest absolute Gasteiger partial charge is 0.118 e. The molecule has 0 N–H and O–H groups in total. The van der Waals surface area contributed by atoms with Gasteiger partial charge in [-0.1, -0.05) is 53.6 Å². The van der Waals surface area contributed by atoms with E-state index in [-0.39, 0.29) is 0 Å². The lowest BCUT2D eigenvalue weighted by molar-refractivity contribution is 0.415. The van der Waals surface area contributed by atoms with Crippen LogP contribution in [0.25, 0.3) is 11.1 Å². The fourth-order valence-electron chi connectivity index (χ4n) is 1.53. The second-order valence-electron chi connectivity index (χ2n) is 4.96. The third kappa shape index (κ3) is 5.31. The molecule has 1 nitrogen and oxygen atoms in total. The maximum Gasteiger partial charge on any atom is 0.118 e. The van der Waals surface area contributed by atoms with Crippen LogP contribution < -0.4 is 4.74 Å². The van der Waals surface area contributed by atoms with Crippen LogP contribution in [0.4, 0.5) is 0 Å². The number of hydrogen-bond acceptors (Lipinski definition) is 1. The largest absolute Gasteiger partial charge is 0.497 e. The molecule has 0 spiro atoms. The number of hydrogen-bond donors (Lipinski definition) is 0. The number of ether oxygens (including phenoxy) is 1. The summed E-state index contributed by atoms with van der Waals surface area (Å²) in [6.07, 6.45) is 2.08. The Hall–Kier alpha value is -2.02. The quantitative estimate of drug-likeness (QED) is 0.640. The first-order valence-electron chi connectivity index (χ1n) is 6.87. The van der Waals surface area contributed by atoms with Gasteiger partial charge in [-0.2, -0.15) is 0 Å². The van der Waals surface area contributed by atoms with E-state index in [2.05, 4.69) is 63.2 Å². The molecule has 20 heavy (non-hydrogen) atoms. The Balaban J connectivity index is 0.000000347. The summed E-state index contributed by atoms with van der Waals surface area (Å²) < 4.78 is 5.12. The molecule has 0 bridgehead atoms. The molecule has 0 radical (unpaired) electrons. The number of allylic oxidation sites excluding steroid dienone is 2. The first-order chi connectivity index (χ1) is 9.56. The number of aryl methyl sites for hydroxylation is 1. The predicted octanol–water partition coefficient (Wildman–Crippen LogP) is 5.64. The monoisotopic (exact) mass is 268 g/mol. The molecule has 2 aromatic rings. The molecule has 0 aliphatic rings. The van der Waals surface area contributed by atoms with Crippen molar-refractivity contribution in [1.82, 2.24) is 0 Å². The molecule has 2 aromatic carbocycles. The van der Waals surface area contributed by atoms with Crippen molar-refractivity contribution in [2.24, 2.45) is 0 Å². The van der Waals surface area contributed by atoms with Crippen molar-refractivity contribution >= 4 is 0 Å². The zero-order chi connectivity index (χ0) is 15.0. The lowest BCUT2D eigenvalue weighted by atomic mass is 10.0. The average Bonchev–Trinajstić information content (AvgIpc) is 2.49. The second-order valence-corrected chi connectivity index (χ2v) is 4.96. The molecule has 0 aliphatic carbocycles. The van der Waals surface area contributed by atoms with Gasteiger partial charge in [-0.05, 0) is 51.0 Å². The van der Waals surface area contributed by atoms with E-state index in [0.717, 1.165) is 5.75 Å². The molecule has 0 unspecified atom stereocenters. The standard InChI is InChI=1S/C14H14O.C5H10/c1-11-3-5-12(6-4-11)13-7-9-14(15-2)10-8-13;1-4-5(2)3/h3-10H,1-2H3;4H,1-3H3. The third-order valence-corrected chi connectivity index (χ3v) is 3.05. The Morgan fingerprint density at radius 2 is 1.25 bits per heavy atom. The second kappa shape index (κ2) is 8.21. The Morgan fingerprint density at radius 1 is 0.850 bits per heavy atom. The SMILES string of the molecule is CC=C(C)C.COc1ccc(-c2ccc(C)cc2)cc1. The van der Waals surface area contributed by atoms with Crippen molar-refractivity contribution < 1.29 is 4.74 Å². The number of methoxy groups -OCH3 is 1. The molecule has 0 saturated carbocycles. The van der Waals surface area contributed by atoms with Gasteiger partial charge in [-0.3, -0.25) is 0 Å². The summed E-state index contributed by atoms with van der Waals surface area (Å²) >= 11 is 0. The molecule has 1 heteroatoms. The molecule has 2 rings (SSSR count). The van der Waals surface area contributed by atoms with E-state index in [4.69, 9.17) is 4.74 Å². The highest BCUT2D eigenvalue weighted by Gasteiger charge is 1.97. The van der Waals surface area contributed by atoms with Gasteiger partial charge in [0.2, 0.25) is 0 Å². The summed E-state index contributed by atoms with van der Waals surface area (Å²) in [7, 11) is 1.68. The first kappa shape index (κ1) is 16.0. The average molecular weight is 268 g/mol. The van der Waals surface area contributed by atoms with Gasteiger partial charge < -0.3 is 4.74 Å². The molecular weight excluding hydrogens is 244 g/mol. The summed E-state index contributed by atoms with van der Waals surface area (Å²) in [5.74, 6) is 0.894. The highest BCUT2D eigenvalue weighted by atomic mass is 16.5. The fourth-order valence-corrected chi connectivity index (χ4v) is 1.53. The summed E-state index contributed by atoms with van der Waals surface area (Å²) in [6, 6.07) is 16.6. The summed E-state index contributed by atoms with van der Waals surface area (Å²) in [5.41, 5.74) is 5.12. The van der Waals surface area contributed by atoms with Crippen LogP contribution >= 0.6 is 0 Å². The van der Waals surface area contributed by atoms with Gasteiger partial charge >= 0.3 is 0 Å². The van der Waals surface area contributed by atoms with Crippen LogP contribution in [0.15, 0.2) is 60.2 Å². The summed E-state index contributed by atoms with van der Waals surface area (Å²) in [5, 5.41) is 0. The van der Waals surface area contributed by atoms with Crippen LogP contribution in [0.2, 0.25) is 0 Å². The van der Waals surface area contributed by atoms with Crippen LogP contribution in [0.3, 0.4) is 0 Å². The van der Waals surface area contributed by atoms with Crippen LogP contribution in [-0.2, 0) is 0 Å². The molecule has 0 atom stereocenters. The molecule has 0 saturated heterocycles. The van der Waals surface area contributed by atoms with Crippen LogP contribution in [0, 0.1) is 6.92 Å². The molecule has 0 aromatic heterocycles. The predicted molar refractivity (Wildman–Crippen MR) is 88.3 cm³/mol. The van der Waals surface area contributed by atoms with Crippen molar-refractivity contribution in [2.75, 3.05) is 7.11 Å². The lowest BCUT2D eigenvalue weighted by Gasteiger charge is -2.03. The van der Waals surface area contributed by atoms with Crippen molar-refractivity contribution in [2.45, 2.75) is 27.7 Å². The van der Waals surface area contributed by atoms with E-state index >= 15 is 0 Å². The van der Waals surface area contributed by atoms with Crippen molar-refractivity contribution in [3.8, 4) is 16.9 Å². The van der Waals surface area contributed by atoms with Crippen LogP contribution in [-0.4, -0.2) is 7.11 Å². The van der Waals surface area contributed by atoms with E-state index in [0.29, 0.717) is 0 Å². The molecule has 0 aliphatic heterocycles. The van der Waals surface area contributed by atoms with Gasteiger partial charge in [0, 0.05) is 0 Å². The van der Waals surface area contributed by atoms with Gasteiger partial charge in [-0.15, -0.1) is 0 Å². The fraction of sp³-hybridized carbons (Fsp3) is 0.263.